The Bertz CT molecular complexity index is 505. The molecule has 4 heteroatoms. The summed E-state index contributed by atoms with van der Waals surface area (Å²) in [6.07, 6.45) is 1.99. The van der Waals surface area contributed by atoms with Crippen molar-refractivity contribution in [1.29, 1.82) is 0 Å². The van der Waals surface area contributed by atoms with Crippen LogP contribution in [0.2, 0.25) is 0 Å². The topological polar surface area (TPSA) is 55.2 Å². The summed E-state index contributed by atoms with van der Waals surface area (Å²) in [5, 5.41) is 14.5. The van der Waals surface area contributed by atoms with E-state index >= 15 is 0 Å². The highest BCUT2D eigenvalue weighted by molar-refractivity contribution is 5.58. The highest BCUT2D eigenvalue weighted by Crippen LogP contribution is 2.27. The van der Waals surface area contributed by atoms with Crippen LogP contribution < -0.4 is 5.32 Å². The third kappa shape index (κ3) is 4.78. The molecule has 4 nitrogen and oxygen atoms in total. The first-order chi connectivity index (χ1) is 9.31. The van der Waals surface area contributed by atoms with Gasteiger partial charge in [0.25, 0.3) is 5.69 Å². The van der Waals surface area contributed by atoms with Crippen molar-refractivity contribution in [2.24, 2.45) is 0 Å². The van der Waals surface area contributed by atoms with Crippen LogP contribution in [-0.2, 0) is 0 Å². The minimum atomic E-state index is -0.297. The highest BCUT2D eigenvalue weighted by atomic mass is 16.6. The van der Waals surface area contributed by atoms with Gasteiger partial charge in [0.2, 0.25) is 0 Å². The molecule has 0 aliphatic rings. The van der Waals surface area contributed by atoms with E-state index in [1.165, 1.54) is 0 Å². The van der Waals surface area contributed by atoms with Gasteiger partial charge >= 0.3 is 0 Å². The Kier molecular flexibility index (Phi) is 5.89. The number of hydrogen-bond acceptors (Lipinski definition) is 3. The quantitative estimate of drug-likeness (QED) is 0.628. The van der Waals surface area contributed by atoms with Crippen LogP contribution in [-0.4, -0.2) is 17.5 Å². The Morgan fingerprint density at radius 3 is 2.50 bits per heavy atom. The lowest BCUT2D eigenvalue weighted by Crippen LogP contribution is -2.24. The van der Waals surface area contributed by atoms with E-state index in [0.717, 1.165) is 23.2 Å². The number of rotatable bonds is 6. The van der Waals surface area contributed by atoms with E-state index in [-0.39, 0.29) is 16.5 Å². The van der Waals surface area contributed by atoms with Crippen LogP contribution in [0.25, 0.3) is 6.08 Å². The lowest BCUT2D eigenvalue weighted by Gasteiger charge is -2.09. The zero-order chi connectivity index (χ0) is 15.3. The Hall–Kier alpha value is -1.68. The maximum atomic E-state index is 11.2. The summed E-state index contributed by atoms with van der Waals surface area (Å²) in [4.78, 5) is 10.9. The van der Waals surface area contributed by atoms with Gasteiger partial charge in [-0.1, -0.05) is 51.5 Å². The summed E-state index contributed by atoms with van der Waals surface area (Å²) in [5.41, 5.74) is 3.03. The predicted octanol–water partition coefficient (Wildman–Crippen LogP) is 4.12. The average molecular weight is 276 g/mol. The molecule has 0 aliphatic carbocycles. The first kappa shape index (κ1) is 16.4. The molecule has 20 heavy (non-hydrogen) atoms. The minimum absolute atomic E-state index is 0.150. The van der Waals surface area contributed by atoms with Crippen LogP contribution in [0.3, 0.4) is 0 Å². The van der Waals surface area contributed by atoms with Gasteiger partial charge in [-0.25, -0.2) is 0 Å². The molecule has 110 valence electrons. The molecule has 0 fully saturated rings. The largest absolute Gasteiger partial charge is 0.311 e. The van der Waals surface area contributed by atoms with E-state index in [1.807, 2.05) is 39.0 Å². The number of nitro groups is 1. The van der Waals surface area contributed by atoms with Gasteiger partial charge in [0.1, 0.15) is 0 Å². The third-order valence-electron chi connectivity index (χ3n) is 3.08. The Balaban J connectivity index is 3.00. The summed E-state index contributed by atoms with van der Waals surface area (Å²) < 4.78 is 0. The maximum Gasteiger partial charge on any atom is 0.273 e. The molecule has 0 atom stereocenters. The summed E-state index contributed by atoms with van der Waals surface area (Å²) >= 11 is 0. The third-order valence-corrected chi connectivity index (χ3v) is 3.08. The number of benzene rings is 1. The number of nitro benzene ring substituents is 1. The maximum absolute atomic E-state index is 11.2. The van der Waals surface area contributed by atoms with Crippen LogP contribution in [0.1, 0.15) is 51.7 Å². The van der Waals surface area contributed by atoms with E-state index in [0.29, 0.717) is 6.04 Å². The fraction of sp³-hybridized carbons (Fsp3) is 0.500. The zero-order valence-electron chi connectivity index (χ0n) is 12.9. The SMILES string of the molecule is CC(=Cc1ccc(C(C)C)c([N+](=O)[O-])c1)CNC(C)C. The molecule has 1 aromatic carbocycles. The summed E-state index contributed by atoms with van der Waals surface area (Å²) in [6, 6.07) is 5.89. The van der Waals surface area contributed by atoms with Crippen molar-refractivity contribution in [3.63, 3.8) is 0 Å². The van der Waals surface area contributed by atoms with E-state index in [1.54, 1.807) is 6.07 Å². The lowest BCUT2D eigenvalue weighted by molar-refractivity contribution is -0.385. The second-order valence-electron chi connectivity index (χ2n) is 5.76. The van der Waals surface area contributed by atoms with Crippen molar-refractivity contribution in [3.05, 3.63) is 45.0 Å². The van der Waals surface area contributed by atoms with Crippen LogP contribution in [0.15, 0.2) is 23.8 Å². The van der Waals surface area contributed by atoms with Gasteiger partial charge < -0.3 is 5.32 Å². The molecule has 0 aromatic heterocycles. The zero-order valence-corrected chi connectivity index (χ0v) is 12.9. The molecular formula is C16H24N2O2. The molecule has 1 aromatic rings. The van der Waals surface area contributed by atoms with Gasteiger partial charge in [0.15, 0.2) is 0 Å². The van der Waals surface area contributed by atoms with Gasteiger partial charge in [0, 0.05) is 24.2 Å². The van der Waals surface area contributed by atoms with E-state index < -0.39 is 0 Å². The minimum Gasteiger partial charge on any atom is -0.311 e. The normalized spacial score (nSPS) is 12.2. The second-order valence-corrected chi connectivity index (χ2v) is 5.76. The van der Waals surface area contributed by atoms with Crippen LogP contribution in [0.5, 0.6) is 0 Å². The van der Waals surface area contributed by atoms with Crippen molar-refractivity contribution < 1.29 is 4.92 Å². The summed E-state index contributed by atoms with van der Waals surface area (Å²) in [7, 11) is 0. The average Bonchev–Trinajstić information content (AvgIpc) is 2.35. The van der Waals surface area contributed by atoms with Gasteiger partial charge in [-0.15, -0.1) is 0 Å². The Morgan fingerprint density at radius 1 is 1.35 bits per heavy atom. The van der Waals surface area contributed by atoms with Crippen molar-refractivity contribution in [1.82, 2.24) is 5.32 Å². The smallest absolute Gasteiger partial charge is 0.273 e. The van der Waals surface area contributed by atoms with Crippen LogP contribution in [0, 0.1) is 10.1 Å². The van der Waals surface area contributed by atoms with E-state index in [9.17, 15) is 10.1 Å². The van der Waals surface area contributed by atoms with E-state index in [2.05, 4.69) is 19.2 Å². The first-order valence-electron chi connectivity index (χ1n) is 7.00. The van der Waals surface area contributed by atoms with Gasteiger partial charge in [-0.05, 0) is 18.4 Å². The Morgan fingerprint density at radius 2 is 2.00 bits per heavy atom. The number of hydrogen-bond donors (Lipinski definition) is 1. The van der Waals surface area contributed by atoms with Gasteiger partial charge in [-0.3, -0.25) is 10.1 Å². The fourth-order valence-electron chi connectivity index (χ4n) is 2.00. The monoisotopic (exact) mass is 276 g/mol. The Labute approximate surface area is 121 Å². The van der Waals surface area contributed by atoms with Crippen molar-refractivity contribution in [2.75, 3.05) is 6.54 Å². The molecule has 0 unspecified atom stereocenters. The molecule has 1 rings (SSSR count). The number of nitrogens with zero attached hydrogens (tertiary/aromatic N) is 1. The molecule has 0 spiro atoms. The second kappa shape index (κ2) is 7.20. The molecule has 0 saturated carbocycles. The molecule has 0 saturated heterocycles. The molecule has 1 N–H and O–H groups in total. The molecule has 0 radical (unpaired) electrons. The van der Waals surface area contributed by atoms with Crippen LogP contribution >= 0.6 is 0 Å². The highest BCUT2D eigenvalue weighted by Gasteiger charge is 2.16. The molecule has 0 bridgehead atoms. The van der Waals surface area contributed by atoms with Crippen molar-refractivity contribution in [2.45, 2.75) is 46.6 Å². The summed E-state index contributed by atoms with van der Waals surface area (Å²) in [5.74, 6) is 0.150. The fourth-order valence-corrected chi connectivity index (χ4v) is 2.00. The molecule has 0 heterocycles. The molecular weight excluding hydrogens is 252 g/mol. The standard InChI is InChI=1S/C16H24N2O2/c1-11(2)15-7-6-14(9-16(15)18(19)20)8-13(5)10-17-12(3)4/h6-9,11-12,17H,10H2,1-5H3. The van der Waals surface area contributed by atoms with Gasteiger partial charge in [-0.2, -0.15) is 0 Å². The van der Waals surface area contributed by atoms with Crippen molar-refractivity contribution >= 4 is 11.8 Å². The molecule has 0 aliphatic heterocycles. The lowest BCUT2D eigenvalue weighted by atomic mass is 9.98. The van der Waals surface area contributed by atoms with Gasteiger partial charge in [0.05, 0.1) is 4.92 Å². The first-order valence-corrected chi connectivity index (χ1v) is 7.00. The van der Waals surface area contributed by atoms with Crippen molar-refractivity contribution in [3.8, 4) is 0 Å². The number of nitrogens with one attached hydrogen (secondary N) is 1. The molecule has 0 amide bonds. The summed E-state index contributed by atoms with van der Waals surface area (Å²) in [6.45, 7) is 10.9. The van der Waals surface area contributed by atoms with Crippen LogP contribution in [0.4, 0.5) is 5.69 Å². The van der Waals surface area contributed by atoms with E-state index in [4.69, 9.17) is 0 Å². The predicted molar refractivity (Wildman–Crippen MR) is 84.0 cm³/mol.